The topological polar surface area (TPSA) is 18.5 Å². The van der Waals surface area contributed by atoms with E-state index in [4.69, 9.17) is 9.47 Å². The van der Waals surface area contributed by atoms with Crippen LogP contribution in [0.3, 0.4) is 0 Å². The Kier molecular flexibility index (Phi) is 3.13. The van der Waals surface area contributed by atoms with E-state index in [0.29, 0.717) is 0 Å². The van der Waals surface area contributed by atoms with Gasteiger partial charge in [-0.1, -0.05) is 109 Å². The highest BCUT2D eigenvalue weighted by atomic mass is 16.6. The second-order valence-electron chi connectivity index (χ2n) is 9.51. The molecule has 4 aromatic carbocycles. The molecule has 2 fully saturated rings. The van der Waals surface area contributed by atoms with Crippen molar-refractivity contribution in [2.24, 2.45) is 11.8 Å². The zero-order chi connectivity index (χ0) is 20.9. The molecule has 0 unspecified atom stereocenters. The third-order valence-electron chi connectivity index (χ3n) is 8.33. The molecule has 0 radical (unpaired) electrons. The molecule has 2 saturated heterocycles. The molecule has 2 heteroatoms. The molecule has 0 aliphatic carbocycles. The van der Waals surface area contributed by atoms with Crippen LogP contribution in [0.15, 0.2) is 109 Å². The van der Waals surface area contributed by atoms with E-state index in [1.54, 1.807) is 0 Å². The van der Waals surface area contributed by atoms with Crippen LogP contribution >= 0.6 is 0 Å². The van der Waals surface area contributed by atoms with Crippen LogP contribution in [0.25, 0.3) is 0 Å². The monoisotopic (exact) mass is 414 g/mol. The molecular weight excluding hydrogens is 392 g/mol. The third-order valence-corrected chi connectivity index (χ3v) is 8.33. The molecule has 4 aromatic rings. The summed E-state index contributed by atoms with van der Waals surface area (Å²) >= 11 is 0. The van der Waals surface area contributed by atoms with E-state index in [1.807, 2.05) is 0 Å². The van der Waals surface area contributed by atoms with Gasteiger partial charge in [0.05, 0.1) is 12.2 Å². The van der Waals surface area contributed by atoms with E-state index >= 15 is 0 Å². The fraction of sp³-hybridized carbons (Fsp3) is 0.200. The highest BCUT2D eigenvalue weighted by Gasteiger charge is 2.78. The van der Waals surface area contributed by atoms with Gasteiger partial charge in [-0.25, -0.2) is 0 Å². The predicted octanol–water partition coefficient (Wildman–Crippen LogP) is 6.28. The van der Waals surface area contributed by atoms with Gasteiger partial charge in [-0.05, 0) is 33.4 Å². The van der Waals surface area contributed by atoms with Crippen molar-refractivity contribution in [3.63, 3.8) is 0 Å². The van der Waals surface area contributed by atoms with Gasteiger partial charge in [-0.3, -0.25) is 0 Å². The average Bonchev–Trinajstić information content (AvgIpc) is 3.60. The summed E-state index contributed by atoms with van der Waals surface area (Å²) in [6, 6.07) is 39.3. The first-order valence-corrected chi connectivity index (χ1v) is 11.5. The minimum atomic E-state index is -0.523. The average molecular weight is 415 g/mol. The molecule has 6 atom stereocenters. The molecule has 154 valence electrons. The second-order valence-corrected chi connectivity index (χ2v) is 9.51. The Balaban J connectivity index is 1.50. The van der Waals surface area contributed by atoms with E-state index in [-0.39, 0.29) is 24.0 Å². The first-order chi connectivity index (χ1) is 15.9. The second kappa shape index (κ2) is 5.78. The van der Waals surface area contributed by atoms with Crippen LogP contribution in [0, 0.1) is 11.8 Å². The van der Waals surface area contributed by atoms with Gasteiger partial charge >= 0.3 is 0 Å². The van der Waals surface area contributed by atoms with Crippen LogP contribution in [-0.2, 0) is 20.7 Å². The lowest BCUT2D eigenvalue weighted by Gasteiger charge is -2.41. The van der Waals surface area contributed by atoms with E-state index in [1.165, 1.54) is 33.4 Å². The maximum absolute atomic E-state index is 7.49. The van der Waals surface area contributed by atoms with Crippen molar-refractivity contribution in [2.45, 2.75) is 23.4 Å². The summed E-state index contributed by atoms with van der Waals surface area (Å²) in [4.78, 5) is 0. The van der Waals surface area contributed by atoms with Crippen molar-refractivity contribution in [2.75, 3.05) is 0 Å². The lowest BCUT2D eigenvalue weighted by atomic mass is 9.55. The van der Waals surface area contributed by atoms with Crippen LogP contribution in [0.5, 0.6) is 0 Å². The van der Waals surface area contributed by atoms with Crippen molar-refractivity contribution in [3.8, 4) is 0 Å². The maximum Gasteiger partial charge on any atom is 0.126 e. The molecule has 4 aliphatic rings. The Morgan fingerprint density at radius 1 is 0.469 bits per heavy atom. The summed E-state index contributed by atoms with van der Waals surface area (Å²) in [6.45, 7) is 0. The minimum absolute atomic E-state index is 0.0420. The molecule has 0 aromatic heterocycles. The molecule has 0 spiro atoms. The molecule has 0 N–H and O–H groups in total. The molecule has 32 heavy (non-hydrogen) atoms. The van der Waals surface area contributed by atoms with Gasteiger partial charge in [0.1, 0.15) is 11.2 Å². The maximum atomic E-state index is 7.49. The van der Waals surface area contributed by atoms with E-state index < -0.39 is 11.2 Å². The number of hydrogen-bond acceptors (Lipinski definition) is 2. The van der Waals surface area contributed by atoms with Gasteiger partial charge in [-0.15, -0.1) is 0 Å². The fourth-order valence-electron chi connectivity index (χ4n) is 7.37. The van der Waals surface area contributed by atoms with Crippen molar-refractivity contribution in [1.82, 2.24) is 0 Å². The van der Waals surface area contributed by atoms with Crippen molar-refractivity contribution >= 4 is 0 Å². The summed E-state index contributed by atoms with van der Waals surface area (Å²) < 4.78 is 14.3. The van der Waals surface area contributed by atoms with Crippen molar-refractivity contribution in [1.29, 1.82) is 0 Å². The molecule has 0 saturated carbocycles. The van der Waals surface area contributed by atoms with Gasteiger partial charge in [0, 0.05) is 11.8 Å². The number of rotatable bonds is 2. The van der Waals surface area contributed by atoms with E-state index in [0.717, 1.165) is 0 Å². The molecular formula is C30H22O2. The lowest BCUT2D eigenvalue weighted by Crippen LogP contribution is -2.42. The molecule has 8 rings (SSSR count). The largest absolute Gasteiger partial charge is 0.365 e. The summed E-state index contributed by atoms with van der Waals surface area (Å²) in [5.74, 6) is 0.444. The standard InChI is InChI=1S/C30H22O2/c1-3-11-19(12-4-1)29-23-17-9-10-18-24(23)30(32-29,20-13-5-2-6-14-20)26-25(29)27-21-15-7-8-16-22(21)28(26)31-27/h1-18,25-28H/t25-,26+,27+,28-,29+,30-. The normalized spacial score (nSPS) is 34.9. The van der Waals surface area contributed by atoms with E-state index in [2.05, 4.69) is 109 Å². The Morgan fingerprint density at radius 2 is 0.875 bits per heavy atom. The SMILES string of the molecule is c1ccc([C@]23O[C@](c4ccccc4)(c4ccccc42)[C@H]2[C@@H]3[C@H]3O[C@@H]2c2ccccc23)cc1. The number of ether oxygens (including phenoxy) is 2. The molecule has 4 heterocycles. The van der Waals surface area contributed by atoms with Gasteiger partial charge in [0.15, 0.2) is 0 Å². The fourth-order valence-corrected chi connectivity index (χ4v) is 7.37. The Morgan fingerprint density at radius 3 is 1.34 bits per heavy atom. The zero-order valence-electron chi connectivity index (χ0n) is 17.5. The van der Waals surface area contributed by atoms with Gasteiger partial charge in [0.2, 0.25) is 0 Å². The zero-order valence-corrected chi connectivity index (χ0v) is 17.5. The summed E-state index contributed by atoms with van der Waals surface area (Å²) in [5.41, 5.74) is 6.68. The van der Waals surface area contributed by atoms with Gasteiger partial charge < -0.3 is 9.47 Å². The first-order valence-electron chi connectivity index (χ1n) is 11.5. The number of fused-ring (bicyclic) bond motifs is 15. The Labute approximate surface area is 187 Å². The van der Waals surface area contributed by atoms with Crippen molar-refractivity contribution in [3.05, 3.63) is 143 Å². The lowest BCUT2D eigenvalue weighted by molar-refractivity contribution is -0.102. The van der Waals surface area contributed by atoms with Gasteiger partial charge in [-0.2, -0.15) is 0 Å². The third kappa shape index (κ3) is 1.76. The Bertz CT molecular complexity index is 1260. The van der Waals surface area contributed by atoms with Crippen LogP contribution < -0.4 is 0 Å². The van der Waals surface area contributed by atoms with Crippen LogP contribution in [0.4, 0.5) is 0 Å². The minimum Gasteiger partial charge on any atom is -0.365 e. The van der Waals surface area contributed by atoms with E-state index in [9.17, 15) is 0 Å². The van der Waals surface area contributed by atoms with Crippen LogP contribution in [0.2, 0.25) is 0 Å². The summed E-state index contributed by atoms with van der Waals surface area (Å²) in [5, 5.41) is 0. The van der Waals surface area contributed by atoms with Gasteiger partial charge in [0.25, 0.3) is 0 Å². The summed E-state index contributed by atoms with van der Waals surface area (Å²) in [6.07, 6.45) is 0.0840. The summed E-state index contributed by atoms with van der Waals surface area (Å²) in [7, 11) is 0. The quantitative estimate of drug-likeness (QED) is 0.385. The van der Waals surface area contributed by atoms with Crippen LogP contribution in [-0.4, -0.2) is 0 Å². The number of hydrogen-bond donors (Lipinski definition) is 0. The van der Waals surface area contributed by atoms with Crippen LogP contribution in [0.1, 0.15) is 45.6 Å². The molecule has 0 amide bonds. The first kappa shape index (κ1) is 17.4. The smallest absolute Gasteiger partial charge is 0.126 e. The number of benzene rings is 4. The predicted molar refractivity (Wildman–Crippen MR) is 122 cm³/mol. The van der Waals surface area contributed by atoms with Crippen molar-refractivity contribution < 1.29 is 9.47 Å². The highest BCUT2D eigenvalue weighted by molar-refractivity contribution is 5.60. The Hall–Kier alpha value is -3.20. The molecule has 2 nitrogen and oxygen atoms in total. The molecule has 4 aliphatic heterocycles. The molecule has 4 bridgehead atoms. The highest BCUT2D eigenvalue weighted by Crippen LogP contribution is 2.78.